The first-order valence-electron chi connectivity index (χ1n) is 51.6. The Morgan fingerprint density at radius 3 is 0.564 bits per heavy atom. The summed E-state index contributed by atoms with van der Waals surface area (Å²) >= 11 is 0. The normalized spacial score (nSPS) is 10.6. The van der Waals surface area contributed by atoms with Gasteiger partial charge in [0.05, 0.1) is 0 Å². The lowest BCUT2D eigenvalue weighted by atomic mass is 9.81. The molecule has 0 amide bonds. The molecule has 0 unspecified atom stereocenters. The van der Waals surface area contributed by atoms with Crippen molar-refractivity contribution < 1.29 is 15.8 Å². The zero-order valence-electron chi connectivity index (χ0n) is 87.1. The minimum absolute atomic E-state index is 0. The molecule has 18 rings (SSSR count). The van der Waals surface area contributed by atoms with E-state index in [1.54, 1.807) is 0 Å². The van der Waals surface area contributed by atoms with E-state index in [2.05, 4.69) is 436 Å². The Hall–Kier alpha value is -17.0. The minimum atomic E-state index is 0. The van der Waals surface area contributed by atoms with Crippen molar-refractivity contribution >= 4 is 133 Å². The standard InChI is InChI=1S/C76H88N6.C32H24N2O2.C18H16N2.C8H8O.2CH4.H2/c1-13-77(14-2)67-43-47-71(55(9)51-67)75(72-48-44-68(52-56(72)10)78(15-3)16-4)59-31-35-63(36-32-59)81(61-27-23-21-24-28-61)65-39-41-66(42-40-65)82(62-29-25-22-26-30-62)64-37-33-60(34-38-64)76(73-49-45-69(53-57(73)11)79(17-5)18-6)74-50-46-70(54-58(74)12)80(19-7)20-8;35-23-25-11-15-29(16-12-25)33(27-7-3-1-4-8-27)31-19-21-32(22-20-31)34(28-9-5-2-6-10-28)30-17-13-26(24-36)14-18-30;1-3-7-15(8-4-1)19-17-11-13-18(14-12-17)20-16-9-5-2-6-10-16;1-7-2-4-8(6-9)5-3-7;;;/h21-54,75-76H,13-20H2,1-12H3;1-24H;1-14,19-20H;2-6H,1H3;2*1H4;1H/i;;;;;;1+1. The van der Waals surface area contributed by atoms with E-state index in [1.807, 2.05) is 153 Å². The number of nitrogens with one attached hydrogen (secondary N) is 2. The van der Waals surface area contributed by atoms with Gasteiger partial charge < -0.3 is 49.8 Å². The van der Waals surface area contributed by atoms with Crippen LogP contribution in [0.1, 0.15) is 176 Å². The molecule has 13 heteroatoms. The first-order chi connectivity index (χ1) is 72.0. The van der Waals surface area contributed by atoms with Crippen molar-refractivity contribution in [2.75, 3.05) is 102 Å². The van der Waals surface area contributed by atoms with Crippen LogP contribution in [0.25, 0.3) is 0 Å². The van der Waals surface area contributed by atoms with Crippen molar-refractivity contribution in [1.29, 1.82) is 0 Å². The van der Waals surface area contributed by atoms with Crippen LogP contribution < -0.4 is 49.8 Å². The molecule has 13 nitrogen and oxygen atoms in total. The average Bonchev–Trinajstić information content (AvgIpc) is 0.833. The maximum atomic E-state index is 11.2. The van der Waals surface area contributed by atoms with Gasteiger partial charge in [0, 0.05) is 196 Å². The van der Waals surface area contributed by atoms with E-state index in [0.717, 1.165) is 168 Å². The SMILES string of the molecule is C.C.CCN(CC)c1ccc(C(c2ccc(N(c3ccccc3)c3ccc(N(c4ccccc4)c4ccc(C(c5ccc(N(CC)CC)cc5C)c5ccc(N(CC)CC)cc5C)cc4)cc3)cc2)c2ccc(N(CC)CC)cc2C)c(C)c1.Cc1ccc(C=O)cc1.O=Cc1ccc(N(c2ccccc2)c2ccc(N(c3ccccc3)c3ccc(C=O)cc3)cc2)cc1.[2HH].c1ccc(Nc2ccc(Nc3ccccc3)cc2)cc1. The molecular formula is C136H146N10O3. The molecule has 149 heavy (non-hydrogen) atoms. The van der Waals surface area contributed by atoms with Crippen molar-refractivity contribution in [3.05, 3.63) is 527 Å². The number of para-hydroxylation sites is 6. The number of benzene rings is 18. The molecule has 0 aliphatic carbocycles. The summed E-state index contributed by atoms with van der Waals surface area (Å²) in [7, 11) is 0. The smallest absolute Gasteiger partial charge is 0.150 e. The lowest BCUT2D eigenvalue weighted by molar-refractivity contribution is 0.111. The van der Waals surface area contributed by atoms with Crippen LogP contribution in [0.4, 0.5) is 114 Å². The molecule has 0 atom stereocenters. The Labute approximate surface area is 888 Å². The summed E-state index contributed by atoms with van der Waals surface area (Å²) < 4.78 is 0. The quantitative estimate of drug-likeness (QED) is 0.0286. The van der Waals surface area contributed by atoms with E-state index in [0.29, 0.717) is 11.1 Å². The van der Waals surface area contributed by atoms with Crippen LogP contribution >= 0.6 is 0 Å². The molecule has 0 radical (unpaired) electrons. The highest BCUT2D eigenvalue weighted by Crippen LogP contribution is 2.47. The van der Waals surface area contributed by atoms with Gasteiger partial charge in [0.1, 0.15) is 18.9 Å². The fourth-order valence-corrected chi connectivity index (χ4v) is 19.4. The van der Waals surface area contributed by atoms with E-state index in [9.17, 15) is 14.4 Å². The van der Waals surface area contributed by atoms with Crippen molar-refractivity contribution in [1.82, 2.24) is 0 Å². The average molecular weight is 1970 g/mol. The van der Waals surface area contributed by atoms with Crippen LogP contribution in [-0.2, 0) is 0 Å². The zero-order chi connectivity index (χ0) is 103. The van der Waals surface area contributed by atoms with Gasteiger partial charge in [-0.2, -0.15) is 0 Å². The lowest BCUT2D eigenvalue weighted by Crippen LogP contribution is -2.22. The molecule has 758 valence electrons. The van der Waals surface area contributed by atoms with Crippen LogP contribution in [0.2, 0.25) is 0 Å². The highest BCUT2D eigenvalue weighted by molar-refractivity contribution is 5.86. The third kappa shape index (κ3) is 27.6. The summed E-state index contributed by atoms with van der Waals surface area (Å²) in [6, 6.07) is 157. The van der Waals surface area contributed by atoms with Crippen LogP contribution in [0.5, 0.6) is 0 Å². The van der Waals surface area contributed by atoms with Crippen molar-refractivity contribution in [3.63, 3.8) is 0 Å². The van der Waals surface area contributed by atoms with Gasteiger partial charge in [0.25, 0.3) is 0 Å². The van der Waals surface area contributed by atoms with Gasteiger partial charge in [-0.15, -0.1) is 0 Å². The summed E-state index contributed by atoms with van der Waals surface area (Å²) in [6.45, 7) is 36.9. The number of nitrogens with zero attached hydrogens (tertiary/aromatic N) is 8. The lowest BCUT2D eigenvalue weighted by Gasteiger charge is -2.30. The number of aryl methyl sites for hydroxylation is 5. The van der Waals surface area contributed by atoms with Crippen LogP contribution in [0.15, 0.2) is 449 Å². The van der Waals surface area contributed by atoms with E-state index in [1.165, 1.54) is 83.9 Å². The zero-order valence-corrected chi connectivity index (χ0v) is 87.1. The third-order valence-electron chi connectivity index (χ3n) is 27.3. The van der Waals surface area contributed by atoms with Gasteiger partial charge in [-0.1, -0.05) is 202 Å². The highest BCUT2D eigenvalue weighted by Gasteiger charge is 2.28. The largest absolute Gasteiger partial charge is 0.372 e. The van der Waals surface area contributed by atoms with E-state index < -0.39 is 0 Å². The van der Waals surface area contributed by atoms with E-state index in [-0.39, 0.29) is 28.1 Å². The van der Waals surface area contributed by atoms with Crippen LogP contribution in [-0.4, -0.2) is 71.2 Å². The molecule has 0 spiro atoms. The first-order valence-corrected chi connectivity index (χ1v) is 51.6. The Balaban J connectivity index is 0.000000236. The summed E-state index contributed by atoms with van der Waals surface area (Å²) in [6.07, 6.45) is 2.55. The number of rotatable bonds is 37. The van der Waals surface area contributed by atoms with Crippen molar-refractivity contribution in [3.8, 4) is 0 Å². The molecule has 18 aromatic rings. The second-order valence-corrected chi connectivity index (χ2v) is 36.6. The number of carbonyl (C=O) groups is 3. The third-order valence-corrected chi connectivity index (χ3v) is 27.3. The number of aldehydes is 3. The molecule has 0 aliphatic heterocycles. The Bertz CT molecular complexity index is 6640. The summed E-state index contributed by atoms with van der Waals surface area (Å²) in [5, 5.41) is 6.73. The van der Waals surface area contributed by atoms with E-state index in [4.69, 9.17) is 0 Å². The van der Waals surface area contributed by atoms with Gasteiger partial charge in [-0.05, 0) is 413 Å². The fourth-order valence-electron chi connectivity index (χ4n) is 19.4. The number of hydrogen-bond acceptors (Lipinski definition) is 13. The molecule has 0 bridgehead atoms. The molecular weight excluding hydrogens is 1820 g/mol. The summed E-state index contributed by atoms with van der Waals surface area (Å²) in [5.41, 5.74) is 38.3. The molecule has 0 aliphatic rings. The number of carbonyl (C=O) groups excluding carboxylic acids is 3. The van der Waals surface area contributed by atoms with Crippen LogP contribution in [0, 0.1) is 34.6 Å². The highest BCUT2D eigenvalue weighted by atomic mass is 16.1. The van der Waals surface area contributed by atoms with E-state index >= 15 is 0 Å². The molecule has 0 saturated heterocycles. The van der Waals surface area contributed by atoms with Gasteiger partial charge in [-0.3, -0.25) is 14.4 Å². The second kappa shape index (κ2) is 54.2. The van der Waals surface area contributed by atoms with Gasteiger partial charge in [0.15, 0.2) is 0 Å². The number of anilines is 20. The first kappa shape index (κ1) is 109. The Kier molecular flexibility index (Phi) is 39.8. The predicted octanol–water partition coefficient (Wildman–Crippen LogP) is 36.4. The molecule has 0 saturated carbocycles. The van der Waals surface area contributed by atoms with Gasteiger partial charge in [0.2, 0.25) is 0 Å². The van der Waals surface area contributed by atoms with Crippen molar-refractivity contribution in [2.24, 2.45) is 0 Å². The molecule has 0 fully saturated rings. The second-order valence-electron chi connectivity index (χ2n) is 36.6. The summed E-state index contributed by atoms with van der Waals surface area (Å²) in [5.74, 6) is 0.112. The molecule has 0 heterocycles. The maximum absolute atomic E-state index is 11.2. The monoisotopic (exact) mass is 1970 g/mol. The van der Waals surface area contributed by atoms with Gasteiger partial charge in [-0.25, -0.2) is 0 Å². The molecule has 2 N–H and O–H groups in total. The topological polar surface area (TPSA) is 101 Å². The molecule has 0 aromatic heterocycles. The Morgan fingerprint density at radius 1 is 0.201 bits per heavy atom. The van der Waals surface area contributed by atoms with Gasteiger partial charge >= 0.3 is 0 Å². The predicted molar refractivity (Wildman–Crippen MR) is 641 cm³/mol. The molecule has 18 aromatic carbocycles. The fraction of sp³-hybridized carbons (Fsp3) is 0.184. The Morgan fingerprint density at radius 2 is 0.369 bits per heavy atom. The summed E-state index contributed by atoms with van der Waals surface area (Å²) in [4.78, 5) is 51.3. The van der Waals surface area contributed by atoms with Crippen LogP contribution in [0.3, 0.4) is 0 Å². The van der Waals surface area contributed by atoms with Crippen molar-refractivity contribution in [2.45, 2.75) is 117 Å². The number of hydrogen-bond donors (Lipinski definition) is 2. The minimum Gasteiger partial charge on any atom is -0.372 e. The maximum Gasteiger partial charge on any atom is 0.150 e.